The number of aromatic amines is 1. The van der Waals surface area contributed by atoms with Gasteiger partial charge < -0.3 is 15.2 Å². The monoisotopic (exact) mass is 428 g/mol. The number of nitrogens with zero attached hydrogens (tertiary/aromatic N) is 2. The Hall–Kier alpha value is -2.79. The quantitative estimate of drug-likeness (QED) is 0.636. The Labute approximate surface area is 189 Å². The number of carbonyl (C=O) groups excluding carboxylic acids is 1. The van der Waals surface area contributed by atoms with Crippen LogP contribution in [-0.4, -0.2) is 54.9 Å². The van der Waals surface area contributed by atoms with Gasteiger partial charge in [0.15, 0.2) is 5.78 Å². The largest absolute Gasteiger partial charge is 0.388 e. The van der Waals surface area contributed by atoms with E-state index >= 15 is 0 Å². The maximum Gasteiger partial charge on any atom is 0.195 e. The molecule has 2 fully saturated rings. The summed E-state index contributed by atoms with van der Waals surface area (Å²) in [4.78, 5) is 22.5. The van der Waals surface area contributed by atoms with Crippen LogP contribution in [0.3, 0.4) is 0 Å². The van der Waals surface area contributed by atoms with Gasteiger partial charge in [0.05, 0.1) is 5.56 Å². The second kappa shape index (κ2) is 6.85. The van der Waals surface area contributed by atoms with Crippen molar-refractivity contribution in [3.8, 4) is 0 Å². The second-order valence-electron chi connectivity index (χ2n) is 10.3. The van der Waals surface area contributed by atoms with Crippen molar-refractivity contribution in [1.82, 2.24) is 9.88 Å². The molecule has 5 heteroatoms. The zero-order valence-electron chi connectivity index (χ0n) is 19.5. The molecule has 0 unspecified atom stereocenters. The summed E-state index contributed by atoms with van der Waals surface area (Å²) in [5, 5.41) is 4.21. The fourth-order valence-electron chi connectivity index (χ4n) is 5.84. The van der Waals surface area contributed by atoms with E-state index in [2.05, 4.69) is 65.1 Å². The number of hydrogen-bond acceptors (Lipinski definition) is 4. The molecule has 6 rings (SSSR count). The van der Waals surface area contributed by atoms with Crippen molar-refractivity contribution in [3.05, 3.63) is 58.3 Å². The number of piperazine rings is 1. The number of ketones is 1. The van der Waals surface area contributed by atoms with Gasteiger partial charge in [0.1, 0.15) is 0 Å². The SMILES string of the molecule is CNc1ccc2c3c([nH]c2c1)C(C)(C)c1cc(N2CCN(C4CC4)CC2)c(C)cc1C3=O. The molecule has 0 amide bonds. The van der Waals surface area contributed by atoms with Crippen molar-refractivity contribution in [1.29, 1.82) is 0 Å². The van der Waals surface area contributed by atoms with Crippen molar-refractivity contribution >= 4 is 28.1 Å². The molecule has 32 heavy (non-hydrogen) atoms. The summed E-state index contributed by atoms with van der Waals surface area (Å²) in [7, 11) is 1.92. The molecular weight excluding hydrogens is 396 g/mol. The molecule has 1 saturated heterocycles. The highest BCUT2D eigenvalue weighted by atomic mass is 16.1. The third-order valence-electron chi connectivity index (χ3n) is 7.91. The number of fused-ring (bicyclic) bond motifs is 4. The van der Waals surface area contributed by atoms with Crippen molar-refractivity contribution < 1.29 is 4.79 Å². The van der Waals surface area contributed by atoms with Crippen LogP contribution in [0.2, 0.25) is 0 Å². The van der Waals surface area contributed by atoms with Crippen LogP contribution in [0.1, 0.15) is 59.4 Å². The van der Waals surface area contributed by atoms with Crippen LogP contribution in [0, 0.1) is 6.92 Å². The van der Waals surface area contributed by atoms with Crippen LogP contribution in [0.15, 0.2) is 30.3 Å². The van der Waals surface area contributed by atoms with E-state index in [1.807, 2.05) is 13.1 Å². The standard InChI is InChI=1S/C27H32N4O/c1-16-13-20-21(15-23(16)31-11-9-30(10-12-31)18-6-7-18)27(2,3)26-24(25(20)32)19-8-5-17(28-4)14-22(19)29-26/h5,8,13-15,18,28-29H,6-7,9-12H2,1-4H3. The van der Waals surface area contributed by atoms with E-state index in [0.717, 1.165) is 71.2 Å². The highest BCUT2D eigenvalue weighted by Gasteiger charge is 2.40. The van der Waals surface area contributed by atoms with E-state index in [1.54, 1.807) is 0 Å². The summed E-state index contributed by atoms with van der Waals surface area (Å²) in [6.45, 7) is 11.1. The van der Waals surface area contributed by atoms with Gasteiger partial charge in [-0.25, -0.2) is 0 Å². The molecule has 2 aliphatic carbocycles. The fourth-order valence-corrected chi connectivity index (χ4v) is 5.84. The molecule has 0 radical (unpaired) electrons. The minimum atomic E-state index is -0.268. The summed E-state index contributed by atoms with van der Waals surface area (Å²) in [6, 6.07) is 11.5. The van der Waals surface area contributed by atoms with Gasteiger partial charge in [-0.05, 0) is 55.2 Å². The molecule has 1 aromatic heterocycles. The van der Waals surface area contributed by atoms with E-state index in [1.165, 1.54) is 24.1 Å². The zero-order chi connectivity index (χ0) is 22.2. The molecule has 1 aliphatic heterocycles. The number of rotatable bonds is 3. The summed E-state index contributed by atoms with van der Waals surface area (Å²) in [5.74, 6) is 0.144. The van der Waals surface area contributed by atoms with Crippen LogP contribution < -0.4 is 10.2 Å². The number of anilines is 2. The first kappa shape index (κ1) is 19.9. The van der Waals surface area contributed by atoms with Crippen LogP contribution in [0.4, 0.5) is 11.4 Å². The lowest BCUT2D eigenvalue weighted by molar-refractivity contribution is 0.103. The van der Waals surface area contributed by atoms with E-state index in [4.69, 9.17) is 0 Å². The lowest BCUT2D eigenvalue weighted by atomic mass is 9.70. The topological polar surface area (TPSA) is 51.4 Å². The molecule has 2 aromatic carbocycles. The maximum absolute atomic E-state index is 13.7. The first-order chi connectivity index (χ1) is 15.4. The number of benzene rings is 2. The number of aromatic nitrogens is 1. The highest BCUT2D eigenvalue weighted by Crippen LogP contribution is 2.46. The van der Waals surface area contributed by atoms with Gasteiger partial charge >= 0.3 is 0 Å². The van der Waals surface area contributed by atoms with E-state index in [9.17, 15) is 4.79 Å². The number of carbonyl (C=O) groups is 1. The first-order valence-corrected chi connectivity index (χ1v) is 11.9. The Morgan fingerprint density at radius 1 is 1.06 bits per heavy atom. The molecule has 166 valence electrons. The van der Waals surface area contributed by atoms with E-state index in [0.29, 0.717) is 0 Å². The molecule has 2 heterocycles. The fraction of sp³-hybridized carbons (Fsp3) is 0.444. The molecular formula is C27H32N4O. The van der Waals surface area contributed by atoms with Crippen molar-refractivity contribution in [2.75, 3.05) is 43.4 Å². The summed E-state index contributed by atoms with van der Waals surface area (Å²) < 4.78 is 0. The highest BCUT2D eigenvalue weighted by molar-refractivity contribution is 6.20. The summed E-state index contributed by atoms with van der Waals surface area (Å²) in [5.41, 5.74) is 8.16. The molecule has 0 atom stereocenters. The van der Waals surface area contributed by atoms with Crippen molar-refractivity contribution in [3.63, 3.8) is 0 Å². The minimum absolute atomic E-state index is 0.144. The lowest BCUT2D eigenvalue weighted by Crippen LogP contribution is -2.47. The molecule has 1 saturated carbocycles. The average molecular weight is 429 g/mol. The Morgan fingerprint density at radius 2 is 1.81 bits per heavy atom. The Kier molecular flexibility index (Phi) is 4.25. The van der Waals surface area contributed by atoms with E-state index in [-0.39, 0.29) is 11.2 Å². The molecule has 0 bridgehead atoms. The van der Waals surface area contributed by atoms with Crippen molar-refractivity contribution in [2.24, 2.45) is 0 Å². The lowest BCUT2D eigenvalue weighted by Gasteiger charge is -2.39. The second-order valence-corrected chi connectivity index (χ2v) is 10.3. The molecule has 2 N–H and O–H groups in total. The van der Waals surface area contributed by atoms with Crippen LogP contribution in [0.25, 0.3) is 10.9 Å². The zero-order valence-corrected chi connectivity index (χ0v) is 19.5. The number of aryl methyl sites for hydroxylation is 1. The van der Waals surface area contributed by atoms with Gasteiger partial charge in [0, 0.05) is 78.2 Å². The molecule has 0 spiro atoms. The minimum Gasteiger partial charge on any atom is -0.388 e. The Balaban J connectivity index is 1.43. The van der Waals surface area contributed by atoms with Crippen LogP contribution in [0.5, 0.6) is 0 Å². The Bertz CT molecular complexity index is 1240. The summed E-state index contributed by atoms with van der Waals surface area (Å²) in [6.07, 6.45) is 2.74. The van der Waals surface area contributed by atoms with Crippen LogP contribution in [-0.2, 0) is 5.41 Å². The third kappa shape index (κ3) is 2.83. The van der Waals surface area contributed by atoms with Crippen LogP contribution >= 0.6 is 0 Å². The van der Waals surface area contributed by atoms with Gasteiger partial charge in [0.25, 0.3) is 0 Å². The van der Waals surface area contributed by atoms with Gasteiger partial charge in [-0.3, -0.25) is 9.69 Å². The van der Waals surface area contributed by atoms with E-state index < -0.39 is 0 Å². The smallest absolute Gasteiger partial charge is 0.195 e. The van der Waals surface area contributed by atoms with Gasteiger partial charge in [0.2, 0.25) is 0 Å². The number of nitrogens with one attached hydrogen (secondary N) is 2. The van der Waals surface area contributed by atoms with Gasteiger partial charge in [-0.1, -0.05) is 19.9 Å². The molecule has 3 aromatic rings. The Morgan fingerprint density at radius 3 is 2.50 bits per heavy atom. The predicted molar refractivity (Wildman–Crippen MR) is 131 cm³/mol. The number of H-pyrrole nitrogens is 1. The third-order valence-corrected chi connectivity index (χ3v) is 7.91. The van der Waals surface area contributed by atoms with Gasteiger partial charge in [-0.15, -0.1) is 0 Å². The van der Waals surface area contributed by atoms with Crippen molar-refractivity contribution in [2.45, 2.75) is 45.1 Å². The molecule has 5 nitrogen and oxygen atoms in total. The predicted octanol–water partition coefficient (Wildman–Crippen LogP) is 4.67. The summed E-state index contributed by atoms with van der Waals surface area (Å²) >= 11 is 0. The van der Waals surface area contributed by atoms with Gasteiger partial charge in [-0.2, -0.15) is 0 Å². The number of hydrogen-bond donors (Lipinski definition) is 2. The molecule has 3 aliphatic rings. The first-order valence-electron chi connectivity index (χ1n) is 11.9. The average Bonchev–Trinajstić information content (AvgIpc) is 3.57. The maximum atomic E-state index is 13.7. The normalized spacial score (nSPS) is 20.4.